The predicted octanol–water partition coefficient (Wildman–Crippen LogP) is 5.17. The molecule has 0 fully saturated rings. The van der Waals surface area contributed by atoms with Crippen LogP contribution in [0.25, 0.3) is 0 Å². The van der Waals surface area contributed by atoms with E-state index in [1.54, 1.807) is 60.4 Å². The molecular weight excluding hydrogens is 503 g/mol. The number of phosphoric ester groups is 1. The van der Waals surface area contributed by atoms with Crippen molar-refractivity contribution in [3.05, 3.63) is 93.5 Å². The van der Waals surface area contributed by atoms with Gasteiger partial charge in [-0.3, -0.25) is 14.2 Å². The highest BCUT2D eigenvalue weighted by atomic mass is 35.5. The van der Waals surface area contributed by atoms with Gasteiger partial charge in [0.05, 0.1) is 6.10 Å². The van der Waals surface area contributed by atoms with Crippen LogP contribution in [-0.4, -0.2) is 23.3 Å². The molecule has 0 aliphatic carbocycles. The highest BCUT2D eigenvalue weighted by Crippen LogP contribution is 2.45. The topological polar surface area (TPSA) is 119 Å². The second kappa shape index (κ2) is 10.5. The van der Waals surface area contributed by atoms with Gasteiger partial charge in [0.1, 0.15) is 0 Å². The van der Waals surface area contributed by atoms with Crippen LogP contribution in [0.1, 0.15) is 56.4 Å². The Hall–Kier alpha value is -3.00. The SMILES string of the molecule is Cc1ccccc1C(=O)Nc1ccc(C(=O)N2CCCC(OP(=O)([O-])O)c3cc(Cl)ccc32)c(C)c1. The Morgan fingerprint density at radius 2 is 1.83 bits per heavy atom. The fourth-order valence-corrected chi connectivity index (χ4v) is 5.10. The number of amides is 2. The molecular formula is C26H25ClN2O6P-. The van der Waals surface area contributed by atoms with E-state index in [9.17, 15) is 23.9 Å². The highest BCUT2D eigenvalue weighted by molar-refractivity contribution is 7.44. The number of aryl methyl sites for hydroxylation is 2. The summed E-state index contributed by atoms with van der Waals surface area (Å²) in [6.45, 7) is 3.95. The minimum Gasteiger partial charge on any atom is -0.756 e. The third-order valence-electron chi connectivity index (χ3n) is 6.09. The summed E-state index contributed by atoms with van der Waals surface area (Å²) in [5.74, 6) is -0.529. The maximum absolute atomic E-state index is 13.6. The molecule has 4 rings (SSSR count). The van der Waals surface area contributed by atoms with Gasteiger partial charge in [-0.05, 0) is 80.3 Å². The van der Waals surface area contributed by atoms with E-state index in [2.05, 4.69) is 5.32 Å². The van der Waals surface area contributed by atoms with Crippen molar-refractivity contribution in [1.29, 1.82) is 0 Å². The highest BCUT2D eigenvalue weighted by Gasteiger charge is 2.30. The molecule has 3 aromatic rings. The van der Waals surface area contributed by atoms with Gasteiger partial charge in [0.15, 0.2) is 0 Å². The molecule has 2 unspecified atom stereocenters. The zero-order chi connectivity index (χ0) is 26.0. The molecule has 188 valence electrons. The van der Waals surface area contributed by atoms with Crippen molar-refractivity contribution < 1.29 is 28.5 Å². The zero-order valence-electron chi connectivity index (χ0n) is 19.7. The van der Waals surface area contributed by atoms with Gasteiger partial charge in [-0.1, -0.05) is 29.8 Å². The predicted molar refractivity (Wildman–Crippen MR) is 136 cm³/mol. The molecule has 0 saturated carbocycles. The number of nitrogens with one attached hydrogen (secondary N) is 1. The van der Waals surface area contributed by atoms with Crippen molar-refractivity contribution in [3.63, 3.8) is 0 Å². The molecule has 0 saturated heterocycles. The molecule has 1 heterocycles. The molecule has 0 aromatic heterocycles. The Kier molecular flexibility index (Phi) is 7.64. The van der Waals surface area contributed by atoms with Crippen LogP contribution >= 0.6 is 19.4 Å². The van der Waals surface area contributed by atoms with Gasteiger partial charge in [0, 0.05) is 39.6 Å². The fourth-order valence-electron chi connectivity index (χ4n) is 4.37. The fraction of sp³-hybridized carbons (Fsp3) is 0.231. The van der Waals surface area contributed by atoms with E-state index in [1.807, 2.05) is 19.1 Å². The van der Waals surface area contributed by atoms with Gasteiger partial charge < -0.3 is 24.5 Å². The number of hydrogen-bond donors (Lipinski definition) is 2. The largest absolute Gasteiger partial charge is 0.756 e. The summed E-state index contributed by atoms with van der Waals surface area (Å²) in [6.07, 6.45) is -0.260. The molecule has 2 atom stereocenters. The number of anilines is 2. The van der Waals surface area contributed by atoms with E-state index in [0.717, 1.165) is 5.56 Å². The van der Waals surface area contributed by atoms with Gasteiger partial charge >= 0.3 is 0 Å². The molecule has 3 aromatic carbocycles. The Morgan fingerprint density at radius 1 is 1.08 bits per heavy atom. The quantitative estimate of drug-likeness (QED) is 0.442. The van der Waals surface area contributed by atoms with Gasteiger partial charge in [0.2, 0.25) is 0 Å². The maximum atomic E-state index is 13.6. The lowest BCUT2D eigenvalue weighted by atomic mass is 10.0. The number of nitrogens with zero attached hydrogens (tertiary/aromatic N) is 1. The minimum atomic E-state index is -5.01. The lowest BCUT2D eigenvalue weighted by Crippen LogP contribution is -2.32. The van der Waals surface area contributed by atoms with E-state index >= 15 is 0 Å². The summed E-state index contributed by atoms with van der Waals surface area (Å²) in [6, 6.07) is 17.1. The Morgan fingerprint density at radius 3 is 2.53 bits per heavy atom. The first-order valence-corrected chi connectivity index (χ1v) is 13.2. The molecule has 0 radical (unpaired) electrons. The minimum absolute atomic E-state index is 0.240. The maximum Gasteiger partial charge on any atom is 0.265 e. The van der Waals surface area contributed by atoms with Crippen molar-refractivity contribution in [2.75, 3.05) is 16.8 Å². The average Bonchev–Trinajstić information content (AvgIpc) is 2.97. The van der Waals surface area contributed by atoms with Crippen LogP contribution in [0.5, 0.6) is 0 Å². The van der Waals surface area contributed by atoms with Crippen LogP contribution < -0.4 is 15.1 Å². The number of hydrogen-bond acceptors (Lipinski definition) is 5. The van der Waals surface area contributed by atoms with Crippen molar-refractivity contribution in [2.24, 2.45) is 0 Å². The third-order valence-corrected chi connectivity index (χ3v) is 6.84. The summed E-state index contributed by atoms with van der Waals surface area (Å²) in [5.41, 5.74) is 3.93. The first-order valence-electron chi connectivity index (χ1n) is 11.3. The molecule has 2 amide bonds. The van der Waals surface area contributed by atoms with Crippen molar-refractivity contribution >= 4 is 42.6 Å². The molecule has 1 aliphatic heterocycles. The molecule has 0 bridgehead atoms. The molecule has 1 aliphatic rings. The Balaban J connectivity index is 1.61. The first-order chi connectivity index (χ1) is 17.0. The first kappa shape index (κ1) is 26.1. The lowest BCUT2D eigenvalue weighted by Gasteiger charge is -2.27. The molecule has 0 spiro atoms. The van der Waals surface area contributed by atoms with Crippen molar-refractivity contribution in [3.8, 4) is 0 Å². The van der Waals surface area contributed by atoms with Crippen molar-refractivity contribution in [1.82, 2.24) is 0 Å². The summed E-state index contributed by atoms with van der Waals surface area (Å²) in [7, 11) is -5.01. The van der Waals surface area contributed by atoms with E-state index in [0.29, 0.717) is 51.6 Å². The summed E-state index contributed by atoms with van der Waals surface area (Å²) >= 11 is 6.15. The molecule has 8 nitrogen and oxygen atoms in total. The molecule has 10 heteroatoms. The number of rotatable bonds is 5. The number of carbonyl (C=O) groups excluding carboxylic acids is 2. The van der Waals surface area contributed by atoms with Crippen LogP contribution in [0.3, 0.4) is 0 Å². The lowest BCUT2D eigenvalue weighted by molar-refractivity contribution is -0.224. The van der Waals surface area contributed by atoms with Gasteiger partial charge in [-0.2, -0.15) is 0 Å². The number of carbonyl (C=O) groups is 2. The summed E-state index contributed by atoms with van der Waals surface area (Å²) in [5, 5.41) is 3.22. The number of halogens is 1. The van der Waals surface area contributed by atoms with Crippen LogP contribution in [-0.2, 0) is 9.09 Å². The van der Waals surface area contributed by atoms with E-state index < -0.39 is 13.9 Å². The van der Waals surface area contributed by atoms with Crippen LogP contribution in [0.4, 0.5) is 11.4 Å². The number of phosphoric acid groups is 1. The van der Waals surface area contributed by atoms with Gasteiger partial charge in [-0.15, -0.1) is 0 Å². The van der Waals surface area contributed by atoms with Gasteiger partial charge in [0.25, 0.3) is 19.6 Å². The Labute approximate surface area is 214 Å². The van der Waals surface area contributed by atoms with Gasteiger partial charge in [-0.25, -0.2) is 0 Å². The molecule has 36 heavy (non-hydrogen) atoms. The third kappa shape index (κ3) is 5.86. The monoisotopic (exact) mass is 527 g/mol. The standard InChI is InChI=1S/C26H26ClN2O6P/c1-16-6-3-4-7-20(16)25(30)28-19-10-11-21(17(2)14-19)26(31)29-13-5-8-24(35-36(32,33)34)22-15-18(27)9-12-23(22)29/h3-4,6-7,9-12,14-15,24H,5,8,13H2,1-2H3,(H,28,30)(H2,32,33,34)/p-1. The Bertz CT molecular complexity index is 1370. The normalized spacial score (nSPS) is 17.0. The van der Waals surface area contributed by atoms with Crippen LogP contribution in [0, 0.1) is 13.8 Å². The van der Waals surface area contributed by atoms with E-state index in [4.69, 9.17) is 16.1 Å². The number of benzene rings is 3. The van der Waals surface area contributed by atoms with Crippen LogP contribution in [0.15, 0.2) is 60.7 Å². The van der Waals surface area contributed by atoms with E-state index in [-0.39, 0.29) is 18.2 Å². The smallest absolute Gasteiger partial charge is 0.265 e. The second-order valence-corrected chi connectivity index (χ2v) is 10.2. The average molecular weight is 528 g/mol. The van der Waals surface area contributed by atoms with E-state index in [1.165, 1.54) is 0 Å². The second-order valence-electron chi connectivity index (χ2n) is 8.66. The molecule has 2 N–H and O–H groups in total. The van der Waals surface area contributed by atoms with Crippen LogP contribution in [0.2, 0.25) is 5.02 Å². The zero-order valence-corrected chi connectivity index (χ0v) is 21.4. The summed E-state index contributed by atoms with van der Waals surface area (Å²) in [4.78, 5) is 48.5. The van der Waals surface area contributed by atoms with Crippen molar-refractivity contribution in [2.45, 2.75) is 32.8 Å². The number of fused-ring (bicyclic) bond motifs is 1. The summed E-state index contributed by atoms with van der Waals surface area (Å²) < 4.78 is 16.3.